The molecule has 0 bridgehead atoms. The Kier molecular flexibility index (Phi) is 2.59. The molecule has 4 nitrogen and oxygen atoms in total. The second-order valence-corrected chi connectivity index (χ2v) is 5.39. The predicted molar refractivity (Wildman–Crippen MR) is 74.5 cm³/mol. The summed E-state index contributed by atoms with van der Waals surface area (Å²) in [4.78, 5) is 14.3. The van der Waals surface area contributed by atoms with Gasteiger partial charge in [-0.3, -0.25) is 4.79 Å². The first-order valence-corrected chi connectivity index (χ1v) is 6.29. The van der Waals surface area contributed by atoms with Gasteiger partial charge < -0.3 is 14.6 Å². The molecule has 1 aromatic heterocycles. The maximum Gasteiger partial charge on any atom is 0.294 e. The lowest BCUT2D eigenvalue weighted by atomic mass is 9.99. The van der Waals surface area contributed by atoms with Gasteiger partial charge in [0, 0.05) is 12.1 Å². The molecule has 1 N–H and O–H groups in total. The number of para-hydroxylation sites is 2. The summed E-state index contributed by atoms with van der Waals surface area (Å²) in [5.41, 5.74) is 1.69. The van der Waals surface area contributed by atoms with E-state index in [4.69, 9.17) is 4.42 Å². The Bertz CT molecular complexity index is 602. The fourth-order valence-corrected chi connectivity index (χ4v) is 2.41. The van der Waals surface area contributed by atoms with Crippen LogP contribution in [-0.2, 0) is 0 Å². The fourth-order valence-electron chi connectivity index (χ4n) is 2.41. The highest BCUT2D eigenvalue weighted by atomic mass is 16.3. The van der Waals surface area contributed by atoms with Crippen molar-refractivity contribution in [2.75, 3.05) is 16.8 Å². The van der Waals surface area contributed by atoms with Crippen molar-refractivity contribution in [2.24, 2.45) is 0 Å². The SMILES string of the molecule is CC1(C)CN(C(=O)c2ccco2)c2ccccc2N1. The number of furan rings is 1. The molecule has 98 valence electrons. The lowest BCUT2D eigenvalue weighted by Crippen LogP contribution is -2.50. The lowest BCUT2D eigenvalue weighted by Gasteiger charge is -2.40. The molecule has 0 saturated carbocycles. The Morgan fingerprint density at radius 1 is 1.26 bits per heavy atom. The third kappa shape index (κ3) is 2.10. The molecule has 0 radical (unpaired) electrons. The monoisotopic (exact) mass is 256 g/mol. The molecule has 19 heavy (non-hydrogen) atoms. The molecule has 0 saturated heterocycles. The second-order valence-electron chi connectivity index (χ2n) is 5.39. The van der Waals surface area contributed by atoms with Crippen LogP contribution in [0, 0.1) is 0 Å². The van der Waals surface area contributed by atoms with Crippen molar-refractivity contribution in [3.05, 3.63) is 48.4 Å². The highest BCUT2D eigenvalue weighted by Gasteiger charge is 2.33. The molecule has 3 rings (SSSR count). The summed E-state index contributed by atoms with van der Waals surface area (Å²) in [7, 11) is 0. The quantitative estimate of drug-likeness (QED) is 0.852. The number of carbonyl (C=O) groups excluding carboxylic acids is 1. The zero-order valence-corrected chi connectivity index (χ0v) is 11.0. The first-order valence-electron chi connectivity index (χ1n) is 6.29. The highest BCUT2D eigenvalue weighted by Crippen LogP contribution is 2.34. The fraction of sp³-hybridized carbons (Fsp3) is 0.267. The Morgan fingerprint density at radius 2 is 2.05 bits per heavy atom. The van der Waals surface area contributed by atoms with Crippen molar-refractivity contribution in [3.63, 3.8) is 0 Å². The van der Waals surface area contributed by atoms with E-state index in [1.54, 1.807) is 17.0 Å². The standard InChI is InChI=1S/C15H16N2O2/c1-15(2)10-17(14(18)13-8-5-9-19-13)12-7-4-3-6-11(12)16-15/h3-9,16H,10H2,1-2H3. The molecule has 0 atom stereocenters. The maximum atomic E-state index is 12.5. The summed E-state index contributed by atoms with van der Waals surface area (Å²) in [5, 5.41) is 3.44. The Hall–Kier alpha value is -2.23. The van der Waals surface area contributed by atoms with Crippen molar-refractivity contribution in [1.29, 1.82) is 0 Å². The topological polar surface area (TPSA) is 45.5 Å². The smallest absolute Gasteiger partial charge is 0.294 e. The molecular weight excluding hydrogens is 240 g/mol. The van der Waals surface area contributed by atoms with Crippen LogP contribution in [0.25, 0.3) is 0 Å². The van der Waals surface area contributed by atoms with E-state index >= 15 is 0 Å². The number of carbonyl (C=O) groups is 1. The van der Waals surface area contributed by atoms with Crippen LogP contribution in [0.15, 0.2) is 47.1 Å². The van der Waals surface area contributed by atoms with Crippen molar-refractivity contribution in [1.82, 2.24) is 0 Å². The van der Waals surface area contributed by atoms with E-state index in [-0.39, 0.29) is 11.4 Å². The van der Waals surface area contributed by atoms with Crippen molar-refractivity contribution in [3.8, 4) is 0 Å². The van der Waals surface area contributed by atoms with Crippen LogP contribution in [0.2, 0.25) is 0 Å². The van der Waals surface area contributed by atoms with E-state index in [0.717, 1.165) is 11.4 Å². The Morgan fingerprint density at radius 3 is 2.79 bits per heavy atom. The number of anilines is 2. The number of nitrogens with one attached hydrogen (secondary N) is 1. The van der Waals surface area contributed by atoms with Gasteiger partial charge in [0.1, 0.15) is 0 Å². The molecule has 0 spiro atoms. The molecule has 2 aromatic rings. The molecule has 0 aliphatic carbocycles. The van der Waals surface area contributed by atoms with Gasteiger partial charge in [-0.15, -0.1) is 0 Å². The van der Waals surface area contributed by atoms with E-state index < -0.39 is 0 Å². The normalized spacial score (nSPS) is 16.6. The first-order chi connectivity index (χ1) is 9.07. The van der Waals surface area contributed by atoms with Crippen molar-refractivity contribution < 1.29 is 9.21 Å². The van der Waals surface area contributed by atoms with Crippen LogP contribution in [0.3, 0.4) is 0 Å². The van der Waals surface area contributed by atoms with Crippen LogP contribution in [-0.4, -0.2) is 18.0 Å². The summed E-state index contributed by atoms with van der Waals surface area (Å²) in [6.45, 7) is 4.75. The van der Waals surface area contributed by atoms with E-state index in [9.17, 15) is 4.79 Å². The summed E-state index contributed by atoms with van der Waals surface area (Å²) in [5.74, 6) is 0.263. The van der Waals surface area contributed by atoms with E-state index in [2.05, 4.69) is 19.2 Å². The van der Waals surface area contributed by atoms with Gasteiger partial charge in [0.25, 0.3) is 5.91 Å². The van der Waals surface area contributed by atoms with Crippen LogP contribution >= 0.6 is 0 Å². The molecular formula is C15H16N2O2. The third-order valence-corrected chi connectivity index (χ3v) is 3.20. The summed E-state index contributed by atoms with van der Waals surface area (Å²) in [6, 6.07) is 11.2. The molecule has 2 heterocycles. The van der Waals surface area contributed by atoms with Crippen LogP contribution < -0.4 is 10.2 Å². The molecule has 4 heteroatoms. The minimum atomic E-state index is -0.170. The number of amides is 1. The van der Waals surface area contributed by atoms with Gasteiger partial charge in [-0.05, 0) is 38.1 Å². The molecule has 1 aromatic carbocycles. The van der Waals surface area contributed by atoms with E-state index in [0.29, 0.717) is 12.3 Å². The van der Waals surface area contributed by atoms with Gasteiger partial charge in [-0.2, -0.15) is 0 Å². The molecule has 0 fully saturated rings. The minimum absolute atomic E-state index is 0.105. The summed E-state index contributed by atoms with van der Waals surface area (Å²) >= 11 is 0. The average molecular weight is 256 g/mol. The van der Waals surface area contributed by atoms with Crippen LogP contribution in [0.4, 0.5) is 11.4 Å². The number of benzene rings is 1. The number of nitrogens with zero attached hydrogens (tertiary/aromatic N) is 1. The Labute approximate surface area is 112 Å². The Balaban J connectivity index is 2.04. The van der Waals surface area contributed by atoms with Gasteiger partial charge in [-0.25, -0.2) is 0 Å². The van der Waals surface area contributed by atoms with Gasteiger partial charge in [-0.1, -0.05) is 12.1 Å². The van der Waals surface area contributed by atoms with Crippen molar-refractivity contribution >= 4 is 17.3 Å². The predicted octanol–water partition coefficient (Wildman–Crippen LogP) is 3.13. The molecule has 1 amide bonds. The first kappa shape index (κ1) is 11.8. The van der Waals surface area contributed by atoms with Crippen LogP contribution in [0.1, 0.15) is 24.4 Å². The second kappa shape index (κ2) is 4.16. The minimum Gasteiger partial charge on any atom is -0.459 e. The maximum absolute atomic E-state index is 12.5. The number of rotatable bonds is 1. The molecule has 1 aliphatic heterocycles. The zero-order chi connectivity index (χ0) is 13.5. The number of hydrogen-bond donors (Lipinski definition) is 1. The van der Waals surface area contributed by atoms with Gasteiger partial charge in [0.15, 0.2) is 5.76 Å². The summed E-state index contributed by atoms with van der Waals surface area (Å²) in [6.07, 6.45) is 1.52. The van der Waals surface area contributed by atoms with Crippen LogP contribution in [0.5, 0.6) is 0 Å². The number of hydrogen-bond acceptors (Lipinski definition) is 3. The molecule has 1 aliphatic rings. The average Bonchev–Trinajstić information content (AvgIpc) is 2.89. The highest BCUT2D eigenvalue weighted by molar-refractivity contribution is 6.06. The van der Waals surface area contributed by atoms with Gasteiger partial charge in [0.05, 0.1) is 17.6 Å². The van der Waals surface area contributed by atoms with E-state index in [1.807, 2.05) is 24.3 Å². The van der Waals surface area contributed by atoms with Gasteiger partial charge in [0.2, 0.25) is 0 Å². The van der Waals surface area contributed by atoms with Crippen molar-refractivity contribution in [2.45, 2.75) is 19.4 Å². The molecule has 0 unspecified atom stereocenters. The van der Waals surface area contributed by atoms with Gasteiger partial charge >= 0.3 is 0 Å². The zero-order valence-electron chi connectivity index (χ0n) is 11.0. The lowest BCUT2D eigenvalue weighted by molar-refractivity contribution is 0.0955. The van der Waals surface area contributed by atoms with E-state index in [1.165, 1.54) is 6.26 Å². The number of fused-ring (bicyclic) bond motifs is 1. The summed E-state index contributed by atoms with van der Waals surface area (Å²) < 4.78 is 5.22. The third-order valence-electron chi connectivity index (χ3n) is 3.20. The largest absolute Gasteiger partial charge is 0.459 e.